The third kappa shape index (κ3) is 5.70. The summed E-state index contributed by atoms with van der Waals surface area (Å²) in [4.78, 5) is 26.3. The van der Waals surface area contributed by atoms with Crippen LogP contribution in [0, 0.1) is 6.92 Å². The van der Waals surface area contributed by atoms with Crippen molar-refractivity contribution in [2.24, 2.45) is 0 Å². The van der Waals surface area contributed by atoms with Crippen LogP contribution in [0.3, 0.4) is 0 Å². The maximum atomic E-state index is 12.6. The predicted octanol–water partition coefficient (Wildman–Crippen LogP) is 5.20. The number of anilines is 1. The lowest BCUT2D eigenvalue weighted by Crippen LogP contribution is -2.14. The number of aryl methyl sites for hydroxylation is 1. The summed E-state index contributed by atoms with van der Waals surface area (Å²) in [7, 11) is 0. The number of nitrogens with zero attached hydrogens (tertiary/aromatic N) is 3. The maximum absolute atomic E-state index is 12.6. The Bertz CT molecular complexity index is 1230. The number of carbonyl (C=O) groups excluding carboxylic acids is 2. The molecule has 10 heteroatoms. The fourth-order valence-electron chi connectivity index (χ4n) is 3.16. The number of amides is 1. The standard InChI is InChI=1S/C23H22N4O3S3/c1-3-30-22(29)21-15(2)12-20(33-21)24-19(28)14-32-23-26-25-18(13-17-10-7-11-31-17)27(23)16-8-5-4-6-9-16/h4-12H,3,13-14H2,1-2H3,(H,24,28). The largest absolute Gasteiger partial charge is 0.462 e. The highest BCUT2D eigenvalue weighted by Gasteiger charge is 2.18. The zero-order chi connectivity index (χ0) is 23.2. The molecular formula is C23H22N4O3S3. The molecule has 170 valence electrons. The number of hydrogen-bond acceptors (Lipinski definition) is 8. The van der Waals surface area contributed by atoms with Gasteiger partial charge in [-0.2, -0.15) is 0 Å². The molecule has 3 aromatic heterocycles. The number of para-hydroxylation sites is 1. The number of thioether (sulfide) groups is 1. The lowest BCUT2D eigenvalue weighted by atomic mass is 10.3. The molecule has 1 N–H and O–H groups in total. The zero-order valence-corrected chi connectivity index (χ0v) is 20.6. The van der Waals surface area contributed by atoms with Gasteiger partial charge >= 0.3 is 5.97 Å². The lowest BCUT2D eigenvalue weighted by Gasteiger charge is -2.09. The van der Waals surface area contributed by atoms with Gasteiger partial charge in [0.1, 0.15) is 10.7 Å². The van der Waals surface area contributed by atoms with Crippen molar-refractivity contribution in [3.8, 4) is 5.69 Å². The molecule has 0 unspecified atom stereocenters. The second kappa shape index (κ2) is 10.8. The van der Waals surface area contributed by atoms with E-state index in [-0.39, 0.29) is 17.6 Å². The highest BCUT2D eigenvalue weighted by Crippen LogP contribution is 2.28. The summed E-state index contributed by atoms with van der Waals surface area (Å²) in [5.74, 6) is 0.429. The smallest absolute Gasteiger partial charge is 0.348 e. The van der Waals surface area contributed by atoms with Crippen LogP contribution >= 0.6 is 34.4 Å². The first-order chi connectivity index (χ1) is 16.0. The Labute approximate surface area is 203 Å². The number of ether oxygens (including phenoxy) is 1. The maximum Gasteiger partial charge on any atom is 0.348 e. The molecule has 0 bridgehead atoms. The van der Waals surface area contributed by atoms with Crippen LogP contribution in [0.5, 0.6) is 0 Å². The molecule has 0 aliphatic carbocycles. The van der Waals surface area contributed by atoms with Gasteiger partial charge in [0.2, 0.25) is 5.91 Å². The summed E-state index contributed by atoms with van der Waals surface area (Å²) in [6, 6.07) is 15.8. The third-order valence-corrected chi connectivity index (χ3v) is 7.54. The second-order valence-electron chi connectivity index (χ2n) is 7.01. The second-order valence-corrected chi connectivity index (χ2v) is 10.0. The summed E-state index contributed by atoms with van der Waals surface area (Å²) < 4.78 is 7.06. The lowest BCUT2D eigenvalue weighted by molar-refractivity contribution is -0.113. The molecule has 0 radical (unpaired) electrons. The van der Waals surface area contributed by atoms with Crippen LogP contribution in [-0.4, -0.2) is 39.0 Å². The molecule has 3 heterocycles. The molecule has 4 aromatic rings. The van der Waals surface area contributed by atoms with Crippen molar-refractivity contribution in [1.82, 2.24) is 14.8 Å². The summed E-state index contributed by atoms with van der Waals surface area (Å²) in [5, 5.41) is 14.9. The molecule has 0 atom stereocenters. The minimum atomic E-state index is -0.371. The van der Waals surface area contributed by atoms with Crippen LogP contribution in [0.2, 0.25) is 0 Å². The molecule has 0 aliphatic heterocycles. The zero-order valence-electron chi connectivity index (χ0n) is 18.1. The fourth-order valence-corrected chi connectivity index (χ4v) is 5.62. The SMILES string of the molecule is CCOC(=O)c1sc(NC(=O)CSc2nnc(Cc3cccs3)n2-c2ccccc2)cc1C. The van der Waals surface area contributed by atoms with Gasteiger partial charge in [0.05, 0.1) is 17.4 Å². The van der Waals surface area contributed by atoms with Crippen molar-refractivity contribution in [3.63, 3.8) is 0 Å². The van der Waals surface area contributed by atoms with Gasteiger partial charge in [-0.25, -0.2) is 4.79 Å². The Morgan fingerprint density at radius 3 is 2.70 bits per heavy atom. The molecule has 1 aromatic carbocycles. The minimum Gasteiger partial charge on any atom is -0.462 e. The van der Waals surface area contributed by atoms with Crippen molar-refractivity contribution in [2.75, 3.05) is 17.7 Å². The van der Waals surface area contributed by atoms with Crippen LogP contribution < -0.4 is 5.32 Å². The molecular weight excluding hydrogens is 476 g/mol. The molecule has 7 nitrogen and oxygen atoms in total. The van der Waals surface area contributed by atoms with E-state index in [0.717, 1.165) is 17.1 Å². The first-order valence-electron chi connectivity index (χ1n) is 10.3. The number of benzene rings is 1. The van der Waals surface area contributed by atoms with E-state index < -0.39 is 0 Å². The normalized spacial score (nSPS) is 10.8. The Kier molecular flexibility index (Phi) is 7.58. The van der Waals surface area contributed by atoms with Gasteiger partial charge in [0, 0.05) is 17.0 Å². The Balaban J connectivity index is 1.47. The van der Waals surface area contributed by atoms with Gasteiger partial charge in [-0.1, -0.05) is 36.0 Å². The third-order valence-electron chi connectivity index (χ3n) is 4.60. The van der Waals surface area contributed by atoms with Gasteiger partial charge in [-0.05, 0) is 49.1 Å². The number of nitrogens with one attached hydrogen (secondary N) is 1. The number of aromatic nitrogens is 3. The molecule has 1 amide bonds. The van der Waals surface area contributed by atoms with Gasteiger partial charge in [-0.15, -0.1) is 32.9 Å². The van der Waals surface area contributed by atoms with E-state index in [2.05, 4.69) is 21.6 Å². The molecule has 0 aliphatic rings. The summed E-state index contributed by atoms with van der Waals surface area (Å²) in [6.07, 6.45) is 0.664. The van der Waals surface area contributed by atoms with Crippen molar-refractivity contribution < 1.29 is 14.3 Å². The summed E-state index contributed by atoms with van der Waals surface area (Å²) in [5.41, 5.74) is 1.73. The molecule has 33 heavy (non-hydrogen) atoms. The Hall–Kier alpha value is -2.95. The summed E-state index contributed by atoms with van der Waals surface area (Å²) >= 11 is 4.21. The van der Waals surface area contributed by atoms with Gasteiger partial charge < -0.3 is 10.1 Å². The van der Waals surface area contributed by atoms with E-state index in [1.807, 2.05) is 53.3 Å². The Morgan fingerprint density at radius 1 is 1.15 bits per heavy atom. The number of hydrogen-bond donors (Lipinski definition) is 1. The van der Waals surface area contributed by atoms with Gasteiger partial charge in [0.15, 0.2) is 5.16 Å². The quantitative estimate of drug-likeness (QED) is 0.252. The monoisotopic (exact) mass is 498 g/mol. The van der Waals surface area contributed by atoms with Gasteiger partial charge in [0.25, 0.3) is 0 Å². The first kappa shape index (κ1) is 23.2. The predicted molar refractivity (Wildman–Crippen MR) is 133 cm³/mol. The molecule has 0 saturated heterocycles. The first-order valence-corrected chi connectivity index (χ1v) is 13.0. The van der Waals surface area contributed by atoms with Crippen LogP contribution in [0.15, 0.2) is 59.1 Å². The number of rotatable bonds is 9. The van der Waals surface area contributed by atoms with E-state index >= 15 is 0 Å². The highest BCUT2D eigenvalue weighted by atomic mass is 32.2. The van der Waals surface area contributed by atoms with Crippen molar-refractivity contribution in [1.29, 1.82) is 0 Å². The van der Waals surface area contributed by atoms with Crippen molar-refractivity contribution >= 4 is 51.3 Å². The fraction of sp³-hybridized carbons (Fsp3) is 0.217. The molecule has 4 rings (SSSR count). The topological polar surface area (TPSA) is 86.1 Å². The van der Waals surface area contributed by atoms with Crippen LogP contribution in [-0.2, 0) is 16.0 Å². The molecule has 0 spiro atoms. The Morgan fingerprint density at radius 2 is 1.97 bits per heavy atom. The average molecular weight is 499 g/mol. The van der Waals surface area contributed by atoms with Crippen LogP contribution in [0.25, 0.3) is 5.69 Å². The number of thiophene rings is 2. The van der Waals surface area contributed by atoms with Crippen molar-refractivity contribution in [2.45, 2.75) is 25.4 Å². The van der Waals surface area contributed by atoms with Crippen LogP contribution in [0.1, 0.15) is 32.9 Å². The highest BCUT2D eigenvalue weighted by molar-refractivity contribution is 7.99. The molecule has 0 fully saturated rings. The van der Waals surface area contributed by atoms with E-state index in [1.165, 1.54) is 28.0 Å². The van der Waals surface area contributed by atoms with E-state index in [9.17, 15) is 9.59 Å². The minimum absolute atomic E-state index is 0.162. The van der Waals surface area contributed by atoms with E-state index in [0.29, 0.717) is 28.1 Å². The van der Waals surface area contributed by atoms with Crippen molar-refractivity contribution in [3.05, 3.63) is 75.1 Å². The molecule has 0 saturated carbocycles. The van der Waals surface area contributed by atoms with E-state index in [4.69, 9.17) is 4.74 Å². The van der Waals surface area contributed by atoms with Gasteiger partial charge in [-0.3, -0.25) is 9.36 Å². The average Bonchev–Trinajstić information content (AvgIpc) is 3.54. The number of esters is 1. The number of carbonyl (C=O) groups is 2. The van der Waals surface area contributed by atoms with E-state index in [1.54, 1.807) is 24.3 Å². The van der Waals surface area contributed by atoms with Crippen LogP contribution in [0.4, 0.5) is 5.00 Å². The summed E-state index contributed by atoms with van der Waals surface area (Å²) in [6.45, 7) is 3.90.